The van der Waals surface area contributed by atoms with Crippen LogP contribution in [0.5, 0.6) is 11.5 Å². The fourth-order valence-electron chi connectivity index (χ4n) is 3.43. The molecule has 0 aliphatic carbocycles. The molecule has 0 heterocycles. The number of anilines is 2. The first-order chi connectivity index (χ1) is 10.9. The lowest BCUT2D eigenvalue weighted by Crippen LogP contribution is -2.28. The van der Waals surface area contributed by atoms with Crippen molar-refractivity contribution in [1.82, 2.24) is 0 Å². The van der Waals surface area contributed by atoms with Crippen LogP contribution in [0, 0.1) is 0 Å². The maximum absolute atomic E-state index is 9.74. The molecule has 0 fully saturated rings. The fraction of sp³-hybridized carbons (Fsp3) is 0.368. The molecule has 23 heavy (non-hydrogen) atoms. The Labute approximate surface area is 137 Å². The molecule has 0 saturated carbocycles. The van der Waals surface area contributed by atoms with Gasteiger partial charge in [0.2, 0.25) is 0 Å². The molecule has 4 heteroatoms. The summed E-state index contributed by atoms with van der Waals surface area (Å²) in [6.07, 6.45) is 3.88. The molecule has 4 nitrogen and oxygen atoms in total. The summed E-state index contributed by atoms with van der Waals surface area (Å²) in [5.74, 6) is 0.196. The third-order valence-corrected chi connectivity index (χ3v) is 4.51. The van der Waals surface area contributed by atoms with Crippen molar-refractivity contribution >= 4 is 11.4 Å². The number of benzene rings is 2. The molecule has 124 valence electrons. The van der Waals surface area contributed by atoms with Crippen LogP contribution in [-0.2, 0) is 5.41 Å². The van der Waals surface area contributed by atoms with Crippen molar-refractivity contribution in [3.63, 3.8) is 0 Å². The highest BCUT2D eigenvalue weighted by Gasteiger charge is 2.33. The number of phenols is 2. The van der Waals surface area contributed by atoms with Crippen molar-refractivity contribution in [1.29, 1.82) is 0 Å². The Bertz CT molecular complexity index is 624. The lowest BCUT2D eigenvalue weighted by Gasteiger charge is -2.35. The van der Waals surface area contributed by atoms with Crippen molar-refractivity contribution in [3.05, 3.63) is 47.5 Å². The number of nitrogen functional groups attached to an aromatic ring is 2. The van der Waals surface area contributed by atoms with Crippen molar-refractivity contribution in [3.8, 4) is 11.5 Å². The van der Waals surface area contributed by atoms with E-state index in [1.54, 1.807) is 12.1 Å². The Morgan fingerprint density at radius 3 is 1.48 bits per heavy atom. The molecule has 2 aromatic rings. The van der Waals surface area contributed by atoms with Gasteiger partial charge in [0.1, 0.15) is 11.5 Å². The van der Waals surface area contributed by atoms with Crippen LogP contribution in [0.15, 0.2) is 36.4 Å². The van der Waals surface area contributed by atoms with Crippen LogP contribution < -0.4 is 11.5 Å². The highest BCUT2D eigenvalue weighted by atomic mass is 16.3. The average molecular weight is 314 g/mol. The normalized spacial score (nSPS) is 11.6. The van der Waals surface area contributed by atoms with Crippen LogP contribution >= 0.6 is 0 Å². The van der Waals surface area contributed by atoms with Crippen LogP contribution in [0.25, 0.3) is 0 Å². The predicted octanol–water partition coefficient (Wildman–Crippen LogP) is 4.15. The SMILES string of the molecule is CCCC(CCC)(c1ccc(O)c(N)c1)c1ccc(O)c(N)c1. The number of hydrogen-bond donors (Lipinski definition) is 4. The molecule has 0 saturated heterocycles. The molecule has 2 aromatic carbocycles. The standard InChI is InChI=1S/C19H26N2O2/c1-3-9-19(10-4-2,13-5-7-17(22)15(20)11-13)14-6-8-18(23)16(21)12-14/h5-8,11-12,22-23H,3-4,9-10,20-21H2,1-2H3. The third kappa shape index (κ3) is 3.21. The zero-order valence-electron chi connectivity index (χ0n) is 13.8. The number of nitrogens with two attached hydrogens (primary N) is 2. The molecule has 0 aliphatic heterocycles. The van der Waals surface area contributed by atoms with E-state index in [4.69, 9.17) is 11.5 Å². The minimum Gasteiger partial charge on any atom is -0.506 e. The molecule has 0 radical (unpaired) electrons. The average Bonchev–Trinajstić information content (AvgIpc) is 2.52. The molecule has 0 spiro atoms. The van der Waals surface area contributed by atoms with Gasteiger partial charge < -0.3 is 21.7 Å². The molecular weight excluding hydrogens is 288 g/mol. The molecule has 0 unspecified atom stereocenters. The molecule has 0 amide bonds. The second-order valence-corrected chi connectivity index (χ2v) is 6.13. The summed E-state index contributed by atoms with van der Waals surface area (Å²) < 4.78 is 0. The van der Waals surface area contributed by atoms with Crippen LogP contribution in [0.3, 0.4) is 0 Å². The van der Waals surface area contributed by atoms with Crippen LogP contribution in [0.1, 0.15) is 50.7 Å². The summed E-state index contributed by atoms with van der Waals surface area (Å²) in [5, 5.41) is 19.5. The van der Waals surface area contributed by atoms with E-state index < -0.39 is 0 Å². The van der Waals surface area contributed by atoms with E-state index in [9.17, 15) is 10.2 Å². The second-order valence-electron chi connectivity index (χ2n) is 6.13. The van der Waals surface area contributed by atoms with E-state index in [-0.39, 0.29) is 16.9 Å². The number of aromatic hydroxyl groups is 2. The van der Waals surface area contributed by atoms with Gasteiger partial charge in [0, 0.05) is 5.41 Å². The maximum Gasteiger partial charge on any atom is 0.138 e. The van der Waals surface area contributed by atoms with Gasteiger partial charge >= 0.3 is 0 Å². The first-order valence-corrected chi connectivity index (χ1v) is 8.12. The van der Waals surface area contributed by atoms with E-state index in [0.29, 0.717) is 11.4 Å². The van der Waals surface area contributed by atoms with Crippen LogP contribution in [0.4, 0.5) is 11.4 Å². The number of hydrogen-bond acceptors (Lipinski definition) is 4. The highest BCUT2D eigenvalue weighted by Crippen LogP contribution is 2.44. The molecule has 0 bridgehead atoms. The number of rotatable bonds is 6. The maximum atomic E-state index is 9.74. The molecular formula is C19H26N2O2. The van der Waals surface area contributed by atoms with Crippen molar-refractivity contribution in [2.24, 2.45) is 0 Å². The largest absolute Gasteiger partial charge is 0.506 e. The third-order valence-electron chi connectivity index (χ3n) is 4.51. The molecule has 0 aromatic heterocycles. The second kappa shape index (κ2) is 6.82. The Balaban J connectivity index is 2.66. The quantitative estimate of drug-likeness (QED) is 0.476. The zero-order chi connectivity index (χ0) is 17.0. The number of phenolic OH excluding ortho intramolecular Hbond substituents is 2. The zero-order valence-corrected chi connectivity index (χ0v) is 13.8. The van der Waals surface area contributed by atoms with Crippen molar-refractivity contribution in [2.45, 2.75) is 44.9 Å². The van der Waals surface area contributed by atoms with E-state index in [1.807, 2.05) is 24.3 Å². The van der Waals surface area contributed by atoms with Gasteiger partial charge in [-0.2, -0.15) is 0 Å². The summed E-state index contributed by atoms with van der Waals surface area (Å²) in [7, 11) is 0. The first-order valence-electron chi connectivity index (χ1n) is 8.12. The lowest BCUT2D eigenvalue weighted by molar-refractivity contribution is 0.423. The van der Waals surface area contributed by atoms with E-state index in [0.717, 1.165) is 36.8 Å². The van der Waals surface area contributed by atoms with E-state index in [2.05, 4.69) is 13.8 Å². The van der Waals surface area contributed by atoms with Gasteiger partial charge in [-0.3, -0.25) is 0 Å². The minimum absolute atomic E-state index is 0.0980. The van der Waals surface area contributed by atoms with Gasteiger partial charge in [0.15, 0.2) is 0 Å². The van der Waals surface area contributed by atoms with Gasteiger partial charge in [-0.25, -0.2) is 0 Å². The molecule has 0 atom stereocenters. The smallest absolute Gasteiger partial charge is 0.138 e. The Kier molecular flexibility index (Phi) is 5.04. The fourth-order valence-corrected chi connectivity index (χ4v) is 3.43. The summed E-state index contributed by atoms with van der Waals surface area (Å²) in [6.45, 7) is 4.30. The van der Waals surface area contributed by atoms with Gasteiger partial charge in [0.25, 0.3) is 0 Å². The highest BCUT2D eigenvalue weighted by molar-refractivity contribution is 5.59. The van der Waals surface area contributed by atoms with Gasteiger partial charge in [-0.1, -0.05) is 38.8 Å². The molecule has 6 N–H and O–H groups in total. The Hall–Kier alpha value is -2.36. The van der Waals surface area contributed by atoms with E-state index >= 15 is 0 Å². The minimum atomic E-state index is -0.229. The van der Waals surface area contributed by atoms with Gasteiger partial charge in [-0.05, 0) is 48.2 Å². The van der Waals surface area contributed by atoms with E-state index in [1.165, 1.54) is 0 Å². The first kappa shape index (κ1) is 17.0. The molecule has 2 rings (SSSR count). The monoisotopic (exact) mass is 314 g/mol. The van der Waals surface area contributed by atoms with Gasteiger partial charge in [-0.15, -0.1) is 0 Å². The summed E-state index contributed by atoms with van der Waals surface area (Å²) >= 11 is 0. The lowest BCUT2D eigenvalue weighted by atomic mass is 9.68. The summed E-state index contributed by atoms with van der Waals surface area (Å²) in [4.78, 5) is 0. The van der Waals surface area contributed by atoms with Gasteiger partial charge in [0.05, 0.1) is 11.4 Å². The van der Waals surface area contributed by atoms with Crippen LogP contribution in [0.2, 0.25) is 0 Å². The van der Waals surface area contributed by atoms with Crippen molar-refractivity contribution in [2.75, 3.05) is 11.5 Å². The Morgan fingerprint density at radius 1 is 0.783 bits per heavy atom. The topological polar surface area (TPSA) is 92.5 Å². The van der Waals surface area contributed by atoms with Crippen LogP contribution in [-0.4, -0.2) is 10.2 Å². The van der Waals surface area contributed by atoms with Crippen molar-refractivity contribution < 1.29 is 10.2 Å². The predicted molar refractivity (Wildman–Crippen MR) is 95.6 cm³/mol. The Morgan fingerprint density at radius 2 is 1.17 bits per heavy atom. The summed E-state index contributed by atoms with van der Waals surface area (Å²) in [5.41, 5.74) is 14.5. The molecule has 0 aliphatic rings. The summed E-state index contributed by atoms with van der Waals surface area (Å²) in [6, 6.07) is 10.9.